The van der Waals surface area contributed by atoms with Crippen LogP contribution in [0.1, 0.15) is 23.6 Å². The first-order chi connectivity index (χ1) is 12.1. The Bertz CT molecular complexity index is 679. The third-order valence-electron chi connectivity index (χ3n) is 4.86. The van der Waals surface area contributed by atoms with Crippen molar-refractivity contribution in [3.05, 3.63) is 53.1 Å². The van der Waals surface area contributed by atoms with Crippen LogP contribution in [0, 0.1) is 0 Å². The zero-order valence-electron chi connectivity index (χ0n) is 15.5. The van der Waals surface area contributed by atoms with Gasteiger partial charge in [-0.05, 0) is 67.1 Å². The Balaban J connectivity index is 1.60. The summed E-state index contributed by atoms with van der Waals surface area (Å²) in [7, 11) is 5.07. The van der Waals surface area contributed by atoms with E-state index in [0.29, 0.717) is 12.1 Å². The van der Waals surface area contributed by atoms with Gasteiger partial charge in [-0.2, -0.15) is 0 Å². The first-order valence-corrected chi connectivity index (χ1v) is 8.75. The molecule has 1 aliphatic carbocycles. The molecule has 0 spiro atoms. The number of nitrogens with one attached hydrogen (secondary N) is 1. The van der Waals surface area contributed by atoms with Gasteiger partial charge in [0.15, 0.2) is 11.5 Å². The summed E-state index contributed by atoms with van der Waals surface area (Å²) < 4.78 is 16.1. The summed E-state index contributed by atoms with van der Waals surface area (Å²) in [5.41, 5.74) is 4.03. The molecule has 4 heteroatoms. The van der Waals surface area contributed by atoms with Crippen LogP contribution in [0.2, 0.25) is 0 Å². The van der Waals surface area contributed by atoms with E-state index in [2.05, 4.69) is 36.5 Å². The molecule has 25 heavy (non-hydrogen) atoms. The molecule has 0 aromatic heterocycles. The Morgan fingerprint density at radius 2 is 1.48 bits per heavy atom. The van der Waals surface area contributed by atoms with E-state index in [0.717, 1.165) is 36.5 Å². The van der Waals surface area contributed by atoms with Gasteiger partial charge in [0.25, 0.3) is 0 Å². The minimum Gasteiger partial charge on any atom is -0.497 e. The number of ether oxygens (including phenoxy) is 3. The van der Waals surface area contributed by atoms with E-state index in [1.54, 1.807) is 21.3 Å². The van der Waals surface area contributed by atoms with Gasteiger partial charge in [-0.3, -0.25) is 0 Å². The molecule has 0 radical (unpaired) electrons. The number of rotatable bonds is 7. The van der Waals surface area contributed by atoms with Gasteiger partial charge in [0, 0.05) is 12.1 Å². The van der Waals surface area contributed by atoms with Crippen molar-refractivity contribution in [2.45, 2.75) is 38.3 Å². The molecular weight excluding hydrogens is 314 g/mol. The molecule has 1 aliphatic rings. The summed E-state index contributed by atoms with van der Waals surface area (Å²) in [4.78, 5) is 0. The van der Waals surface area contributed by atoms with Crippen molar-refractivity contribution in [1.29, 1.82) is 0 Å². The van der Waals surface area contributed by atoms with E-state index >= 15 is 0 Å². The lowest BCUT2D eigenvalue weighted by Crippen LogP contribution is -2.38. The van der Waals surface area contributed by atoms with Crippen molar-refractivity contribution in [1.82, 2.24) is 5.32 Å². The second-order valence-electron chi connectivity index (χ2n) is 6.70. The Morgan fingerprint density at radius 1 is 0.920 bits per heavy atom. The number of methoxy groups -OCH3 is 3. The van der Waals surface area contributed by atoms with E-state index in [9.17, 15) is 0 Å². The van der Waals surface area contributed by atoms with E-state index in [4.69, 9.17) is 14.2 Å². The van der Waals surface area contributed by atoms with Crippen LogP contribution >= 0.6 is 0 Å². The SMILES string of the molecule is COc1ccc(CC(C)NC2Cc3cc(OC)c(OC)cc3C2)cc1. The van der Waals surface area contributed by atoms with Crippen molar-refractivity contribution < 1.29 is 14.2 Å². The molecule has 1 unspecified atom stereocenters. The second-order valence-corrected chi connectivity index (χ2v) is 6.70. The Hall–Kier alpha value is -2.20. The minimum absolute atomic E-state index is 0.413. The molecule has 0 aliphatic heterocycles. The molecular formula is C21H27NO3. The molecule has 0 bridgehead atoms. The van der Waals surface area contributed by atoms with Crippen LogP contribution in [-0.2, 0) is 19.3 Å². The Morgan fingerprint density at radius 3 is 1.96 bits per heavy atom. The Kier molecular flexibility index (Phi) is 5.49. The number of fused-ring (bicyclic) bond motifs is 1. The fraction of sp³-hybridized carbons (Fsp3) is 0.429. The molecule has 2 aromatic rings. The average molecular weight is 341 g/mol. The maximum absolute atomic E-state index is 5.42. The number of benzene rings is 2. The molecule has 0 fully saturated rings. The van der Waals surface area contributed by atoms with Crippen LogP contribution in [0.15, 0.2) is 36.4 Å². The zero-order chi connectivity index (χ0) is 17.8. The second kappa shape index (κ2) is 7.79. The van der Waals surface area contributed by atoms with E-state index in [1.165, 1.54) is 16.7 Å². The highest BCUT2D eigenvalue weighted by molar-refractivity contribution is 5.49. The molecule has 1 N–H and O–H groups in total. The van der Waals surface area contributed by atoms with Crippen LogP contribution in [-0.4, -0.2) is 33.4 Å². The highest BCUT2D eigenvalue weighted by Crippen LogP contribution is 2.35. The van der Waals surface area contributed by atoms with Crippen LogP contribution in [0.3, 0.4) is 0 Å². The molecule has 0 amide bonds. The molecule has 2 aromatic carbocycles. The predicted molar refractivity (Wildman–Crippen MR) is 100 cm³/mol. The molecule has 0 saturated heterocycles. The van der Waals surface area contributed by atoms with Crippen molar-refractivity contribution in [3.63, 3.8) is 0 Å². The molecule has 1 atom stereocenters. The van der Waals surface area contributed by atoms with Gasteiger partial charge in [-0.15, -0.1) is 0 Å². The summed E-state index contributed by atoms with van der Waals surface area (Å²) in [5.74, 6) is 2.53. The molecule has 0 saturated carbocycles. The number of hydrogen-bond donors (Lipinski definition) is 1. The third-order valence-corrected chi connectivity index (χ3v) is 4.86. The molecule has 0 heterocycles. The van der Waals surface area contributed by atoms with Gasteiger partial charge in [0.1, 0.15) is 5.75 Å². The van der Waals surface area contributed by atoms with Crippen molar-refractivity contribution in [2.75, 3.05) is 21.3 Å². The first kappa shape index (κ1) is 17.6. The summed E-state index contributed by atoms with van der Waals surface area (Å²) in [6, 6.07) is 13.4. The molecule has 134 valence electrons. The maximum atomic E-state index is 5.42. The topological polar surface area (TPSA) is 39.7 Å². The summed E-state index contributed by atoms with van der Waals surface area (Å²) in [6.45, 7) is 2.24. The Labute approximate surface area is 150 Å². The summed E-state index contributed by atoms with van der Waals surface area (Å²) in [5, 5.41) is 3.76. The lowest BCUT2D eigenvalue weighted by Gasteiger charge is -2.19. The third kappa shape index (κ3) is 4.07. The highest BCUT2D eigenvalue weighted by atomic mass is 16.5. The maximum Gasteiger partial charge on any atom is 0.161 e. The highest BCUT2D eigenvalue weighted by Gasteiger charge is 2.24. The van der Waals surface area contributed by atoms with E-state index < -0.39 is 0 Å². The van der Waals surface area contributed by atoms with Crippen molar-refractivity contribution in [3.8, 4) is 17.2 Å². The molecule has 3 rings (SSSR count). The van der Waals surface area contributed by atoms with Crippen LogP contribution in [0.5, 0.6) is 17.2 Å². The normalized spacial score (nSPS) is 14.9. The lowest BCUT2D eigenvalue weighted by molar-refractivity contribution is 0.354. The van der Waals surface area contributed by atoms with Gasteiger partial charge in [0.05, 0.1) is 21.3 Å². The summed E-state index contributed by atoms with van der Waals surface area (Å²) in [6.07, 6.45) is 3.06. The van der Waals surface area contributed by atoms with Gasteiger partial charge < -0.3 is 19.5 Å². The van der Waals surface area contributed by atoms with Gasteiger partial charge in [0.2, 0.25) is 0 Å². The van der Waals surface area contributed by atoms with Crippen LogP contribution in [0.4, 0.5) is 0 Å². The quantitative estimate of drug-likeness (QED) is 0.838. The fourth-order valence-corrected chi connectivity index (χ4v) is 3.64. The first-order valence-electron chi connectivity index (χ1n) is 8.75. The van der Waals surface area contributed by atoms with E-state index in [1.807, 2.05) is 12.1 Å². The van der Waals surface area contributed by atoms with Crippen molar-refractivity contribution in [2.24, 2.45) is 0 Å². The minimum atomic E-state index is 0.413. The monoisotopic (exact) mass is 341 g/mol. The number of hydrogen-bond acceptors (Lipinski definition) is 4. The summed E-state index contributed by atoms with van der Waals surface area (Å²) >= 11 is 0. The fourth-order valence-electron chi connectivity index (χ4n) is 3.64. The van der Waals surface area contributed by atoms with Gasteiger partial charge >= 0.3 is 0 Å². The van der Waals surface area contributed by atoms with Crippen LogP contribution < -0.4 is 19.5 Å². The zero-order valence-corrected chi connectivity index (χ0v) is 15.5. The molecule has 4 nitrogen and oxygen atoms in total. The standard InChI is InChI=1S/C21H27NO3/c1-14(9-15-5-7-19(23-2)8-6-15)22-18-10-16-12-20(24-3)21(25-4)13-17(16)11-18/h5-8,12-14,18,22H,9-11H2,1-4H3. The van der Waals surface area contributed by atoms with Crippen LogP contribution in [0.25, 0.3) is 0 Å². The predicted octanol–water partition coefficient (Wildman–Crippen LogP) is 3.40. The van der Waals surface area contributed by atoms with Crippen molar-refractivity contribution >= 4 is 0 Å². The van der Waals surface area contributed by atoms with Gasteiger partial charge in [-0.25, -0.2) is 0 Å². The lowest BCUT2D eigenvalue weighted by atomic mass is 10.1. The average Bonchev–Trinajstić information content (AvgIpc) is 3.01. The van der Waals surface area contributed by atoms with E-state index in [-0.39, 0.29) is 0 Å². The largest absolute Gasteiger partial charge is 0.497 e. The smallest absolute Gasteiger partial charge is 0.161 e. The van der Waals surface area contributed by atoms with Gasteiger partial charge in [-0.1, -0.05) is 12.1 Å².